The maximum absolute atomic E-state index is 13.1. The van der Waals surface area contributed by atoms with Crippen LogP contribution in [0.15, 0.2) is 45.6 Å². The third-order valence-electron chi connectivity index (χ3n) is 5.57. The average Bonchev–Trinajstić information content (AvgIpc) is 2.98. The fraction of sp³-hybridized carbons (Fsp3) is 0.462. The number of amides is 1. The highest BCUT2D eigenvalue weighted by Gasteiger charge is 2.35. The third kappa shape index (κ3) is 4.80. The monoisotopic (exact) mass is 451 g/mol. The summed E-state index contributed by atoms with van der Waals surface area (Å²) in [4.78, 5) is 27.5. The summed E-state index contributed by atoms with van der Waals surface area (Å²) in [6.45, 7) is 18.3. The highest BCUT2D eigenvalue weighted by Crippen LogP contribution is 2.37. The SMILES string of the molecule is Cc1cc(C)c(N2C(=O)CSC2=NN=C2C=C(C(C)(C)C)C(=O)C(C(C)(C)C)=C2)c(C)c1. The number of benzene rings is 1. The van der Waals surface area contributed by atoms with Crippen molar-refractivity contribution in [1.82, 2.24) is 0 Å². The summed E-state index contributed by atoms with van der Waals surface area (Å²) in [6.07, 6.45) is 3.66. The molecule has 0 spiro atoms. The van der Waals surface area contributed by atoms with Gasteiger partial charge >= 0.3 is 0 Å². The second-order valence-corrected chi connectivity index (χ2v) is 11.6. The van der Waals surface area contributed by atoms with Crippen LogP contribution < -0.4 is 4.90 Å². The van der Waals surface area contributed by atoms with Crippen molar-refractivity contribution in [2.45, 2.75) is 62.3 Å². The maximum atomic E-state index is 13.1. The van der Waals surface area contributed by atoms with Gasteiger partial charge in [-0.2, -0.15) is 0 Å². The van der Waals surface area contributed by atoms with Gasteiger partial charge in [-0.05, 0) is 54.9 Å². The topological polar surface area (TPSA) is 62.1 Å². The lowest BCUT2D eigenvalue weighted by Crippen LogP contribution is -2.31. The van der Waals surface area contributed by atoms with Crippen molar-refractivity contribution in [2.24, 2.45) is 21.0 Å². The maximum Gasteiger partial charge on any atom is 0.243 e. The van der Waals surface area contributed by atoms with E-state index < -0.39 is 0 Å². The van der Waals surface area contributed by atoms with Crippen molar-refractivity contribution in [2.75, 3.05) is 10.7 Å². The molecule has 1 aliphatic carbocycles. The van der Waals surface area contributed by atoms with E-state index in [0.717, 1.165) is 33.5 Å². The van der Waals surface area contributed by atoms with E-state index in [1.807, 2.05) is 74.5 Å². The zero-order chi connectivity index (χ0) is 24.0. The molecule has 1 saturated heterocycles. The summed E-state index contributed by atoms with van der Waals surface area (Å²) < 4.78 is 0. The molecule has 0 bridgehead atoms. The smallest absolute Gasteiger partial charge is 0.243 e. The molecule has 0 aromatic heterocycles. The number of anilines is 1. The Bertz CT molecular complexity index is 1050. The van der Waals surface area contributed by atoms with Crippen molar-refractivity contribution >= 4 is 40.0 Å². The van der Waals surface area contributed by atoms with Crippen LogP contribution in [0.2, 0.25) is 0 Å². The van der Waals surface area contributed by atoms with Gasteiger partial charge in [-0.3, -0.25) is 14.5 Å². The van der Waals surface area contributed by atoms with Gasteiger partial charge in [0, 0.05) is 11.1 Å². The predicted octanol–water partition coefficient (Wildman–Crippen LogP) is 5.93. The van der Waals surface area contributed by atoms with Crippen LogP contribution >= 0.6 is 11.8 Å². The van der Waals surface area contributed by atoms with Crippen LogP contribution in [-0.4, -0.2) is 28.3 Å². The Labute approximate surface area is 195 Å². The van der Waals surface area contributed by atoms with E-state index in [0.29, 0.717) is 16.6 Å². The number of rotatable bonds is 2. The van der Waals surface area contributed by atoms with Crippen LogP contribution in [0, 0.1) is 31.6 Å². The molecule has 3 rings (SSSR count). The normalized spacial score (nSPS) is 19.0. The Kier molecular flexibility index (Phi) is 6.40. The Morgan fingerprint density at radius 2 is 1.34 bits per heavy atom. The predicted molar refractivity (Wildman–Crippen MR) is 136 cm³/mol. The van der Waals surface area contributed by atoms with Gasteiger partial charge < -0.3 is 0 Å². The summed E-state index contributed by atoms with van der Waals surface area (Å²) >= 11 is 1.39. The van der Waals surface area contributed by atoms with E-state index in [-0.39, 0.29) is 22.5 Å². The van der Waals surface area contributed by atoms with Crippen LogP contribution in [0.3, 0.4) is 0 Å². The Hall–Kier alpha value is -2.47. The minimum atomic E-state index is -0.310. The lowest BCUT2D eigenvalue weighted by molar-refractivity contribution is -0.115. The molecule has 1 aromatic carbocycles. The number of amidine groups is 1. The van der Waals surface area contributed by atoms with Crippen molar-refractivity contribution in [3.63, 3.8) is 0 Å². The van der Waals surface area contributed by atoms with E-state index in [4.69, 9.17) is 0 Å². The van der Waals surface area contributed by atoms with Gasteiger partial charge in [0.2, 0.25) is 5.91 Å². The second kappa shape index (κ2) is 8.47. The first-order valence-corrected chi connectivity index (χ1v) is 11.9. The Morgan fingerprint density at radius 3 is 1.81 bits per heavy atom. The second-order valence-electron chi connectivity index (χ2n) is 10.6. The largest absolute Gasteiger partial charge is 0.289 e. The summed E-state index contributed by atoms with van der Waals surface area (Å²) in [5.41, 5.74) is 5.56. The lowest BCUT2D eigenvalue weighted by Gasteiger charge is -2.30. The van der Waals surface area contributed by atoms with Crippen molar-refractivity contribution in [3.8, 4) is 0 Å². The molecule has 2 aliphatic rings. The number of nitrogens with zero attached hydrogens (tertiary/aromatic N) is 3. The van der Waals surface area contributed by atoms with Crippen LogP contribution in [0.25, 0.3) is 0 Å². The fourth-order valence-electron chi connectivity index (χ4n) is 4.07. The number of thioether (sulfide) groups is 1. The minimum absolute atomic E-state index is 0.000305. The van der Waals surface area contributed by atoms with Crippen LogP contribution in [0.5, 0.6) is 0 Å². The first-order valence-electron chi connectivity index (χ1n) is 10.9. The summed E-state index contributed by atoms with van der Waals surface area (Å²) in [5, 5.41) is 9.55. The van der Waals surface area contributed by atoms with Crippen molar-refractivity contribution in [3.05, 3.63) is 52.1 Å². The standard InChI is InChI=1S/C26H33N3O2S/c1-15-10-16(2)22(17(3)11-15)29-21(30)14-32-24(29)28-27-18-12-19(25(4,5)6)23(31)20(13-18)26(7,8)9/h10-13H,14H2,1-9H3. The first-order chi connectivity index (χ1) is 14.7. The van der Waals surface area contributed by atoms with E-state index in [2.05, 4.69) is 22.3 Å². The molecule has 1 fully saturated rings. The highest BCUT2D eigenvalue weighted by molar-refractivity contribution is 8.15. The quantitative estimate of drug-likeness (QED) is 0.413. The van der Waals surface area contributed by atoms with Crippen LogP contribution in [0.1, 0.15) is 58.2 Å². The number of hydrogen-bond acceptors (Lipinski definition) is 5. The molecular weight excluding hydrogens is 418 g/mol. The van der Waals surface area contributed by atoms with Gasteiger partial charge in [-0.15, -0.1) is 10.2 Å². The molecule has 1 amide bonds. The molecule has 32 heavy (non-hydrogen) atoms. The van der Waals surface area contributed by atoms with Crippen molar-refractivity contribution in [1.29, 1.82) is 0 Å². The number of ketones is 1. The molecule has 0 radical (unpaired) electrons. The molecule has 0 atom stereocenters. The Balaban J connectivity index is 2.09. The van der Waals surface area contributed by atoms with Gasteiger partial charge in [0.1, 0.15) is 0 Å². The molecule has 5 nitrogen and oxygen atoms in total. The summed E-state index contributed by atoms with van der Waals surface area (Å²) in [5.74, 6) is 0.399. The zero-order valence-electron chi connectivity index (χ0n) is 20.6. The van der Waals surface area contributed by atoms with E-state index >= 15 is 0 Å². The number of carbonyl (C=O) groups is 2. The van der Waals surface area contributed by atoms with E-state index in [1.165, 1.54) is 11.8 Å². The minimum Gasteiger partial charge on any atom is -0.289 e. The molecule has 0 saturated carbocycles. The first kappa shape index (κ1) is 24.2. The molecule has 0 unspecified atom stereocenters. The average molecular weight is 452 g/mol. The zero-order valence-corrected chi connectivity index (χ0v) is 21.4. The lowest BCUT2D eigenvalue weighted by atomic mass is 9.72. The highest BCUT2D eigenvalue weighted by atomic mass is 32.2. The summed E-state index contributed by atoms with van der Waals surface area (Å²) in [7, 11) is 0. The molecule has 1 aromatic rings. The van der Waals surface area contributed by atoms with Crippen LogP contribution in [0.4, 0.5) is 5.69 Å². The summed E-state index contributed by atoms with van der Waals surface area (Å²) in [6, 6.07) is 4.15. The number of Topliss-reactive ketones (excluding diaryl/α,β-unsaturated/α-hetero) is 1. The van der Waals surface area contributed by atoms with E-state index in [9.17, 15) is 9.59 Å². The fourth-order valence-corrected chi connectivity index (χ4v) is 4.87. The number of carbonyl (C=O) groups excluding carboxylic acids is 2. The number of hydrogen-bond donors (Lipinski definition) is 0. The van der Waals surface area contributed by atoms with Crippen molar-refractivity contribution < 1.29 is 9.59 Å². The molecule has 0 N–H and O–H groups in total. The molecular formula is C26H33N3O2S. The van der Waals surface area contributed by atoms with Gasteiger partial charge in [-0.25, -0.2) is 0 Å². The third-order valence-corrected chi connectivity index (χ3v) is 6.48. The number of aryl methyl sites for hydroxylation is 3. The molecule has 1 heterocycles. The number of allylic oxidation sites excluding steroid dienone is 4. The molecule has 1 aliphatic heterocycles. The van der Waals surface area contributed by atoms with E-state index in [1.54, 1.807) is 4.90 Å². The molecule has 170 valence electrons. The van der Waals surface area contributed by atoms with Gasteiger partial charge in [0.25, 0.3) is 0 Å². The van der Waals surface area contributed by atoms with Gasteiger partial charge in [-0.1, -0.05) is 71.0 Å². The van der Waals surface area contributed by atoms with Gasteiger partial charge in [0.05, 0.1) is 17.2 Å². The van der Waals surface area contributed by atoms with Crippen LogP contribution in [-0.2, 0) is 9.59 Å². The van der Waals surface area contributed by atoms with Gasteiger partial charge in [0.15, 0.2) is 11.0 Å². The molecule has 6 heteroatoms. The Morgan fingerprint density at radius 1 is 0.844 bits per heavy atom.